The van der Waals surface area contributed by atoms with Crippen LogP contribution in [0.15, 0.2) is 18.3 Å². The van der Waals surface area contributed by atoms with Crippen LogP contribution in [0.1, 0.15) is 37.4 Å². The minimum Gasteiger partial charge on any atom is -0.311 e. The molecule has 1 N–H and O–H groups in total. The highest BCUT2D eigenvalue weighted by molar-refractivity contribution is 5.11. The van der Waals surface area contributed by atoms with Crippen LogP contribution in [-0.2, 0) is 6.54 Å². The van der Waals surface area contributed by atoms with E-state index in [1.54, 1.807) is 0 Å². The summed E-state index contributed by atoms with van der Waals surface area (Å²) in [5, 5.41) is 3.52. The largest absolute Gasteiger partial charge is 0.311 e. The molecule has 2 unspecified atom stereocenters. The molecule has 2 atom stereocenters. The highest BCUT2D eigenvalue weighted by Gasteiger charge is 2.20. The quantitative estimate of drug-likeness (QED) is 0.840. The fourth-order valence-electron chi connectivity index (χ4n) is 2.52. The number of aromatic nitrogens is 1. The molecule has 0 bridgehead atoms. The standard InChI is InChI=1S/C14H22N2/c1-11-3-5-13(7-11)9-15-10-14-6-4-12(2)8-16-14/h4,6,8,11,13,15H,3,5,7,9-10H2,1-2H3. The normalized spacial score (nSPS) is 24.9. The van der Waals surface area contributed by atoms with E-state index < -0.39 is 0 Å². The first-order chi connectivity index (χ1) is 7.74. The van der Waals surface area contributed by atoms with Crippen LogP contribution < -0.4 is 5.32 Å². The molecule has 1 aromatic heterocycles. The second kappa shape index (κ2) is 5.44. The number of aryl methyl sites for hydroxylation is 1. The predicted molar refractivity (Wildman–Crippen MR) is 67.2 cm³/mol. The zero-order chi connectivity index (χ0) is 11.4. The van der Waals surface area contributed by atoms with Gasteiger partial charge in [-0.25, -0.2) is 0 Å². The lowest BCUT2D eigenvalue weighted by Gasteiger charge is -2.10. The van der Waals surface area contributed by atoms with Crippen molar-refractivity contribution in [2.24, 2.45) is 11.8 Å². The van der Waals surface area contributed by atoms with Gasteiger partial charge in [0.1, 0.15) is 0 Å². The third kappa shape index (κ3) is 3.31. The van der Waals surface area contributed by atoms with Gasteiger partial charge in [-0.2, -0.15) is 0 Å². The van der Waals surface area contributed by atoms with Gasteiger partial charge in [-0.3, -0.25) is 4.98 Å². The minimum absolute atomic E-state index is 0.889. The van der Waals surface area contributed by atoms with Crippen LogP contribution >= 0.6 is 0 Å². The first-order valence-corrected chi connectivity index (χ1v) is 6.36. The summed E-state index contributed by atoms with van der Waals surface area (Å²) in [5.41, 5.74) is 2.38. The lowest BCUT2D eigenvalue weighted by atomic mass is 10.1. The molecule has 0 aliphatic heterocycles. The summed E-state index contributed by atoms with van der Waals surface area (Å²) < 4.78 is 0. The van der Waals surface area contributed by atoms with Gasteiger partial charge in [0.05, 0.1) is 5.69 Å². The number of nitrogens with zero attached hydrogens (tertiary/aromatic N) is 1. The second-order valence-electron chi connectivity index (χ2n) is 5.24. The Kier molecular flexibility index (Phi) is 3.94. The number of rotatable bonds is 4. The third-order valence-corrected chi connectivity index (χ3v) is 3.52. The molecule has 0 amide bonds. The van der Waals surface area contributed by atoms with E-state index in [-0.39, 0.29) is 0 Å². The Bertz CT molecular complexity index is 318. The molecule has 88 valence electrons. The Balaban J connectivity index is 1.70. The molecule has 1 saturated carbocycles. The van der Waals surface area contributed by atoms with Gasteiger partial charge in [0, 0.05) is 12.7 Å². The summed E-state index contributed by atoms with van der Waals surface area (Å²) in [7, 11) is 0. The Morgan fingerprint density at radius 2 is 2.25 bits per heavy atom. The van der Waals surface area contributed by atoms with Crippen LogP contribution in [0.3, 0.4) is 0 Å². The maximum absolute atomic E-state index is 4.39. The smallest absolute Gasteiger partial charge is 0.0541 e. The van der Waals surface area contributed by atoms with E-state index in [0.29, 0.717) is 0 Å². The molecule has 16 heavy (non-hydrogen) atoms. The summed E-state index contributed by atoms with van der Waals surface area (Å²) in [6.07, 6.45) is 6.15. The van der Waals surface area contributed by atoms with Gasteiger partial charge in [-0.15, -0.1) is 0 Å². The fourth-order valence-corrected chi connectivity index (χ4v) is 2.52. The van der Waals surface area contributed by atoms with Gasteiger partial charge in [0.2, 0.25) is 0 Å². The zero-order valence-electron chi connectivity index (χ0n) is 10.4. The summed E-state index contributed by atoms with van der Waals surface area (Å²) in [6, 6.07) is 4.24. The molecule has 1 aliphatic rings. The van der Waals surface area contributed by atoms with Gasteiger partial charge in [-0.05, 0) is 49.8 Å². The number of hydrogen-bond acceptors (Lipinski definition) is 2. The molecule has 1 aliphatic carbocycles. The van der Waals surface area contributed by atoms with E-state index in [0.717, 1.165) is 30.6 Å². The Morgan fingerprint density at radius 1 is 1.38 bits per heavy atom. The molecule has 1 aromatic rings. The maximum atomic E-state index is 4.39. The molecule has 0 spiro atoms. The van der Waals surface area contributed by atoms with E-state index in [1.165, 1.54) is 24.8 Å². The van der Waals surface area contributed by atoms with Gasteiger partial charge in [-0.1, -0.05) is 19.4 Å². The summed E-state index contributed by atoms with van der Waals surface area (Å²) in [6.45, 7) is 6.50. The Morgan fingerprint density at radius 3 is 2.88 bits per heavy atom. The Hall–Kier alpha value is -0.890. The van der Waals surface area contributed by atoms with Gasteiger partial charge < -0.3 is 5.32 Å². The van der Waals surface area contributed by atoms with E-state index in [2.05, 4.69) is 36.3 Å². The van der Waals surface area contributed by atoms with Crippen molar-refractivity contribution in [1.29, 1.82) is 0 Å². The van der Waals surface area contributed by atoms with Crippen LogP contribution in [0.25, 0.3) is 0 Å². The summed E-state index contributed by atoms with van der Waals surface area (Å²) in [5.74, 6) is 1.82. The number of hydrogen-bond donors (Lipinski definition) is 1. The molecule has 2 heteroatoms. The van der Waals surface area contributed by atoms with Crippen LogP contribution in [0.2, 0.25) is 0 Å². The molecule has 0 radical (unpaired) electrons. The van der Waals surface area contributed by atoms with Crippen molar-refractivity contribution in [2.75, 3.05) is 6.54 Å². The molecule has 1 fully saturated rings. The topological polar surface area (TPSA) is 24.9 Å². The summed E-state index contributed by atoms with van der Waals surface area (Å²) >= 11 is 0. The fraction of sp³-hybridized carbons (Fsp3) is 0.643. The van der Waals surface area contributed by atoms with Crippen molar-refractivity contribution < 1.29 is 0 Å². The third-order valence-electron chi connectivity index (χ3n) is 3.52. The number of pyridine rings is 1. The van der Waals surface area contributed by atoms with Gasteiger partial charge >= 0.3 is 0 Å². The predicted octanol–water partition coefficient (Wildman–Crippen LogP) is 2.92. The van der Waals surface area contributed by atoms with Crippen molar-refractivity contribution in [3.63, 3.8) is 0 Å². The molecule has 1 heterocycles. The lowest BCUT2D eigenvalue weighted by Crippen LogP contribution is -2.21. The molecule has 0 saturated heterocycles. The van der Waals surface area contributed by atoms with E-state index >= 15 is 0 Å². The maximum Gasteiger partial charge on any atom is 0.0541 e. The van der Waals surface area contributed by atoms with Crippen LogP contribution in [0.4, 0.5) is 0 Å². The SMILES string of the molecule is Cc1ccc(CNCC2CCC(C)C2)nc1. The van der Waals surface area contributed by atoms with E-state index in [1.807, 2.05) is 6.20 Å². The van der Waals surface area contributed by atoms with Crippen LogP contribution in [0, 0.1) is 18.8 Å². The van der Waals surface area contributed by atoms with Crippen molar-refractivity contribution >= 4 is 0 Å². The molecular weight excluding hydrogens is 196 g/mol. The molecule has 2 nitrogen and oxygen atoms in total. The zero-order valence-corrected chi connectivity index (χ0v) is 10.4. The van der Waals surface area contributed by atoms with Crippen LogP contribution in [-0.4, -0.2) is 11.5 Å². The monoisotopic (exact) mass is 218 g/mol. The number of nitrogens with one attached hydrogen (secondary N) is 1. The molecule has 2 rings (SSSR count). The van der Waals surface area contributed by atoms with Gasteiger partial charge in [0.25, 0.3) is 0 Å². The average molecular weight is 218 g/mol. The second-order valence-corrected chi connectivity index (χ2v) is 5.24. The van der Waals surface area contributed by atoms with Crippen molar-refractivity contribution in [3.05, 3.63) is 29.6 Å². The highest BCUT2D eigenvalue weighted by atomic mass is 14.9. The Labute approximate surface area is 98.5 Å². The first kappa shape index (κ1) is 11.6. The van der Waals surface area contributed by atoms with Gasteiger partial charge in [0.15, 0.2) is 0 Å². The highest BCUT2D eigenvalue weighted by Crippen LogP contribution is 2.29. The lowest BCUT2D eigenvalue weighted by molar-refractivity contribution is 0.469. The van der Waals surface area contributed by atoms with Crippen LogP contribution in [0.5, 0.6) is 0 Å². The summed E-state index contributed by atoms with van der Waals surface area (Å²) in [4.78, 5) is 4.39. The first-order valence-electron chi connectivity index (χ1n) is 6.36. The van der Waals surface area contributed by atoms with E-state index in [4.69, 9.17) is 0 Å². The average Bonchev–Trinajstić information content (AvgIpc) is 2.67. The van der Waals surface area contributed by atoms with Crippen molar-refractivity contribution in [3.8, 4) is 0 Å². The molecular formula is C14H22N2. The van der Waals surface area contributed by atoms with Crippen molar-refractivity contribution in [1.82, 2.24) is 10.3 Å². The van der Waals surface area contributed by atoms with Crippen molar-refractivity contribution in [2.45, 2.75) is 39.7 Å². The minimum atomic E-state index is 0.889. The van der Waals surface area contributed by atoms with E-state index in [9.17, 15) is 0 Å². The molecule has 0 aromatic carbocycles.